The molecule has 3 rings (SSSR count). The first-order chi connectivity index (χ1) is 11.8. The molecule has 130 valence electrons. The Hall–Kier alpha value is -2.01. The highest BCUT2D eigenvalue weighted by atomic mass is 16.5. The molecule has 1 atom stereocenters. The predicted molar refractivity (Wildman–Crippen MR) is 99.7 cm³/mol. The van der Waals surface area contributed by atoms with Crippen LogP contribution in [0.3, 0.4) is 0 Å². The quantitative estimate of drug-likeness (QED) is 0.494. The van der Waals surface area contributed by atoms with Crippen LogP contribution in [0.15, 0.2) is 47.0 Å². The second-order valence-electron chi connectivity index (χ2n) is 6.35. The standard InChI is InChI=1S/C19H28N4O/c1-20-19(21-11-7-16-9-13-24-14-10-16)22-17-8-12-23(15-17)18-5-3-2-4-6-18/h2-6,9,17H,7-8,10-15H2,1H3,(H2,20,21,22). The third-order valence-electron chi connectivity index (χ3n) is 4.67. The number of rotatable bonds is 5. The summed E-state index contributed by atoms with van der Waals surface area (Å²) in [4.78, 5) is 6.79. The van der Waals surface area contributed by atoms with Gasteiger partial charge in [0.25, 0.3) is 0 Å². The molecule has 1 fully saturated rings. The fourth-order valence-corrected chi connectivity index (χ4v) is 3.27. The van der Waals surface area contributed by atoms with E-state index < -0.39 is 0 Å². The van der Waals surface area contributed by atoms with Gasteiger partial charge in [-0.25, -0.2) is 0 Å². The Morgan fingerprint density at radius 2 is 2.21 bits per heavy atom. The number of guanidine groups is 1. The van der Waals surface area contributed by atoms with Crippen LogP contribution in [-0.4, -0.2) is 51.9 Å². The van der Waals surface area contributed by atoms with Gasteiger partial charge in [0, 0.05) is 38.4 Å². The summed E-state index contributed by atoms with van der Waals surface area (Å²) in [5.74, 6) is 0.905. The van der Waals surface area contributed by atoms with E-state index in [0.717, 1.165) is 58.1 Å². The van der Waals surface area contributed by atoms with Crippen molar-refractivity contribution < 1.29 is 4.74 Å². The van der Waals surface area contributed by atoms with Crippen molar-refractivity contribution in [2.45, 2.75) is 25.3 Å². The van der Waals surface area contributed by atoms with E-state index in [1.165, 1.54) is 11.3 Å². The fourth-order valence-electron chi connectivity index (χ4n) is 3.27. The maximum absolute atomic E-state index is 5.35. The largest absolute Gasteiger partial charge is 0.377 e. The van der Waals surface area contributed by atoms with Crippen LogP contribution in [0.4, 0.5) is 5.69 Å². The van der Waals surface area contributed by atoms with Crippen molar-refractivity contribution in [3.8, 4) is 0 Å². The van der Waals surface area contributed by atoms with Crippen LogP contribution in [0.1, 0.15) is 19.3 Å². The van der Waals surface area contributed by atoms with Crippen LogP contribution in [-0.2, 0) is 4.74 Å². The van der Waals surface area contributed by atoms with Crippen molar-refractivity contribution in [1.82, 2.24) is 10.6 Å². The number of ether oxygens (including phenoxy) is 1. The van der Waals surface area contributed by atoms with Gasteiger partial charge < -0.3 is 20.3 Å². The highest BCUT2D eigenvalue weighted by Crippen LogP contribution is 2.19. The van der Waals surface area contributed by atoms with Crippen LogP contribution in [0.25, 0.3) is 0 Å². The predicted octanol–water partition coefficient (Wildman–Crippen LogP) is 2.17. The number of aliphatic imine (C=N–C) groups is 1. The first kappa shape index (κ1) is 16.8. The Morgan fingerprint density at radius 3 is 2.96 bits per heavy atom. The smallest absolute Gasteiger partial charge is 0.191 e. The lowest BCUT2D eigenvalue weighted by Crippen LogP contribution is -2.45. The molecule has 1 aromatic rings. The Kier molecular flexibility index (Phi) is 6.13. The molecule has 0 spiro atoms. The summed E-state index contributed by atoms with van der Waals surface area (Å²) in [6, 6.07) is 11.1. The Balaban J connectivity index is 1.42. The summed E-state index contributed by atoms with van der Waals surface area (Å²) in [7, 11) is 1.84. The monoisotopic (exact) mass is 328 g/mol. The van der Waals surface area contributed by atoms with E-state index in [0.29, 0.717) is 6.04 Å². The lowest BCUT2D eigenvalue weighted by atomic mass is 10.1. The molecule has 0 bridgehead atoms. The van der Waals surface area contributed by atoms with Gasteiger partial charge in [0.1, 0.15) is 0 Å². The zero-order chi connectivity index (χ0) is 16.6. The average molecular weight is 328 g/mol. The Bertz CT molecular complexity index is 570. The summed E-state index contributed by atoms with van der Waals surface area (Å²) in [6.45, 7) is 4.65. The molecule has 5 nitrogen and oxygen atoms in total. The maximum Gasteiger partial charge on any atom is 0.191 e. The van der Waals surface area contributed by atoms with Crippen LogP contribution >= 0.6 is 0 Å². The summed E-state index contributed by atoms with van der Waals surface area (Å²) >= 11 is 0. The van der Waals surface area contributed by atoms with Crippen molar-refractivity contribution in [3.63, 3.8) is 0 Å². The van der Waals surface area contributed by atoms with E-state index in [4.69, 9.17) is 4.74 Å². The molecular weight excluding hydrogens is 300 g/mol. The van der Waals surface area contributed by atoms with Gasteiger partial charge in [-0.15, -0.1) is 0 Å². The van der Waals surface area contributed by atoms with Crippen LogP contribution in [0.2, 0.25) is 0 Å². The molecule has 5 heteroatoms. The zero-order valence-corrected chi connectivity index (χ0v) is 14.5. The van der Waals surface area contributed by atoms with E-state index in [1.54, 1.807) is 0 Å². The van der Waals surface area contributed by atoms with Gasteiger partial charge in [0.15, 0.2) is 5.96 Å². The summed E-state index contributed by atoms with van der Waals surface area (Å²) < 4.78 is 5.35. The Labute approximate surface area is 144 Å². The number of benzene rings is 1. The van der Waals surface area contributed by atoms with Gasteiger partial charge in [0.2, 0.25) is 0 Å². The third kappa shape index (κ3) is 4.74. The van der Waals surface area contributed by atoms with E-state index in [9.17, 15) is 0 Å². The number of nitrogens with zero attached hydrogens (tertiary/aromatic N) is 2. The average Bonchev–Trinajstić information content (AvgIpc) is 3.11. The molecule has 1 unspecified atom stereocenters. The minimum atomic E-state index is 0.443. The molecule has 0 amide bonds. The molecule has 1 aromatic carbocycles. The van der Waals surface area contributed by atoms with Gasteiger partial charge in [-0.3, -0.25) is 4.99 Å². The van der Waals surface area contributed by atoms with Gasteiger partial charge >= 0.3 is 0 Å². The minimum Gasteiger partial charge on any atom is -0.377 e. The van der Waals surface area contributed by atoms with Crippen LogP contribution in [0, 0.1) is 0 Å². The number of para-hydroxylation sites is 1. The highest BCUT2D eigenvalue weighted by molar-refractivity contribution is 5.80. The molecule has 2 aliphatic heterocycles. The van der Waals surface area contributed by atoms with E-state index >= 15 is 0 Å². The van der Waals surface area contributed by atoms with E-state index in [-0.39, 0.29) is 0 Å². The summed E-state index contributed by atoms with van der Waals surface area (Å²) in [5, 5.41) is 6.99. The topological polar surface area (TPSA) is 48.9 Å². The van der Waals surface area contributed by atoms with Crippen molar-refractivity contribution in [2.75, 3.05) is 44.8 Å². The Morgan fingerprint density at radius 1 is 1.33 bits per heavy atom. The number of nitrogens with one attached hydrogen (secondary N) is 2. The van der Waals surface area contributed by atoms with Crippen molar-refractivity contribution in [2.24, 2.45) is 4.99 Å². The second-order valence-corrected chi connectivity index (χ2v) is 6.35. The number of hydrogen-bond acceptors (Lipinski definition) is 3. The normalized spacial score (nSPS) is 21.5. The molecule has 0 aliphatic carbocycles. The second kappa shape index (κ2) is 8.73. The lowest BCUT2D eigenvalue weighted by Gasteiger charge is -2.20. The number of anilines is 1. The van der Waals surface area contributed by atoms with Crippen molar-refractivity contribution in [1.29, 1.82) is 0 Å². The van der Waals surface area contributed by atoms with Gasteiger partial charge in [-0.1, -0.05) is 29.8 Å². The van der Waals surface area contributed by atoms with Crippen molar-refractivity contribution >= 4 is 11.6 Å². The van der Waals surface area contributed by atoms with Gasteiger partial charge in [-0.05, 0) is 31.4 Å². The zero-order valence-electron chi connectivity index (χ0n) is 14.5. The first-order valence-corrected chi connectivity index (χ1v) is 8.88. The molecule has 2 aliphatic rings. The SMILES string of the molecule is CN=C(NCCC1=CCOCC1)NC1CCN(c2ccccc2)C1. The molecular formula is C19H28N4O. The molecule has 0 radical (unpaired) electrons. The molecule has 2 heterocycles. The van der Waals surface area contributed by atoms with Crippen LogP contribution in [0.5, 0.6) is 0 Å². The van der Waals surface area contributed by atoms with E-state index in [2.05, 4.69) is 56.9 Å². The third-order valence-corrected chi connectivity index (χ3v) is 4.67. The first-order valence-electron chi connectivity index (χ1n) is 8.88. The lowest BCUT2D eigenvalue weighted by molar-refractivity contribution is 0.153. The summed E-state index contributed by atoms with van der Waals surface area (Å²) in [6.07, 6.45) is 5.46. The molecule has 0 saturated carbocycles. The molecule has 24 heavy (non-hydrogen) atoms. The highest BCUT2D eigenvalue weighted by Gasteiger charge is 2.23. The molecule has 1 saturated heterocycles. The molecule has 2 N–H and O–H groups in total. The summed E-state index contributed by atoms with van der Waals surface area (Å²) in [5.41, 5.74) is 2.79. The molecule has 0 aromatic heterocycles. The van der Waals surface area contributed by atoms with Gasteiger partial charge in [0.05, 0.1) is 13.2 Å². The van der Waals surface area contributed by atoms with Gasteiger partial charge in [-0.2, -0.15) is 0 Å². The fraction of sp³-hybridized carbons (Fsp3) is 0.526. The van der Waals surface area contributed by atoms with Crippen LogP contribution < -0.4 is 15.5 Å². The maximum atomic E-state index is 5.35. The minimum absolute atomic E-state index is 0.443. The van der Waals surface area contributed by atoms with Crippen molar-refractivity contribution in [3.05, 3.63) is 42.0 Å². The number of hydrogen-bond donors (Lipinski definition) is 2. The van der Waals surface area contributed by atoms with E-state index in [1.807, 2.05) is 7.05 Å².